The third-order valence-electron chi connectivity index (χ3n) is 4.26. The molecular weight excluding hydrogens is 310 g/mol. The number of methoxy groups -OCH3 is 1. The summed E-state index contributed by atoms with van der Waals surface area (Å²) in [5.41, 5.74) is 6.90. The van der Waals surface area contributed by atoms with Crippen molar-refractivity contribution < 1.29 is 14.3 Å². The number of carbonyl (C=O) groups is 2. The van der Waals surface area contributed by atoms with Gasteiger partial charge in [0.2, 0.25) is 5.88 Å². The number of carbonyl (C=O) groups excluding carboxylic acids is 2. The second kappa shape index (κ2) is 6.69. The molecule has 3 rings (SSSR count). The van der Waals surface area contributed by atoms with Crippen LogP contribution in [0.2, 0.25) is 0 Å². The van der Waals surface area contributed by atoms with Crippen molar-refractivity contribution >= 4 is 11.8 Å². The van der Waals surface area contributed by atoms with E-state index in [1.54, 1.807) is 18.2 Å². The number of amides is 2. The molecule has 1 saturated heterocycles. The van der Waals surface area contributed by atoms with Crippen molar-refractivity contribution in [1.29, 1.82) is 0 Å². The van der Waals surface area contributed by atoms with Crippen LogP contribution in [0.1, 0.15) is 45.3 Å². The molecule has 0 spiro atoms. The highest BCUT2D eigenvalue weighted by Gasteiger charge is 2.26. The van der Waals surface area contributed by atoms with Crippen LogP contribution < -0.4 is 10.5 Å². The molecule has 2 amide bonds. The summed E-state index contributed by atoms with van der Waals surface area (Å²) < 4.78 is 5.00. The van der Waals surface area contributed by atoms with Crippen molar-refractivity contribution in [2.45, 2.75) is 18.8 Å². The molecule has 0 saturated carbocycles. The number of likely N-dealkylation sites (tertiary alicyclic amines) is 1. The second-order valence-corrected chi connectivity index (χ2v) is 5.73. The van der Waals surface area contributed by atoms with E-state index in [0.29, 0.717) is 24.5 Å². The molecule has 3 heterocycles. The zero-order valence-electron chi connectivity index (χ0n) is 13.4. The first-order chi connectivity index (χ1) is 11.6. The van der Waals surface area contributed by atoms with Gasteiger partial charge in [0.15, 0.2) is 0 Å². The van der Waals surface area contributed by atoms with Gasteiger partial charge in [-0.3, -0.25) is 14.7 Å². The van der Waals surface area contributed by atoms with Crippen LogP contribution in [0.15, 0.2) is 24.4 Å². The lowest BCUT2D eigenvalue weighted by Gasteiger charge is -2.31. The third-order valence-corrected chi connectivity index (χ3v) is 4.26. The molecule has 1 aliphatic rings. The number of hydrogen-bond donors (Lipinski definition) is 2. The molecule has 1 aliphatic heterocycles. The summed E-state index contributed by atoms with van der Waals surface area (Å²) in [5, 5.41) is 6.78. The molecule has 8 nitrogen and oxygen atoms in total. The van der Waals surface area contributed by atoms with E-state index in [9.17, 15) is 9.59 Å². The third kappa shape index (κ3) is 3.22. The fraction of sp³-hybridized carbons (Fsp3) is 0.375. The number of primary amides is 1. The number of hydrogen-bond acceptors (Lipinski definition) is 5. The number of nitrogens with one attached hydrogen (secondary N) is 1. The number of nitrogens with two attached hydrogens (primary N) is 1. The van der Waals surface area contributed by atoms with E-state index in [1.807, 2.05) is 4.90 Å². The maximum absolute atomic E-state index is 12.5. The van der Waals surface area contributed by atoms with E-state index in [-0.39, 0.29) is 17.5 Å². The van der Waals surface area contributed by atoms with Gasteiger partial charge < -0.3 is 15.4 Å². The maximum atomic E-state index is 12.5. The summed E-state index contributed by atoms with van der Waals surface area (Å²) in [7, 11) is 1.54. The van der Waals surface area contributed by atoms with Crippen LogP contribution in [0, 0.1) is 0 Å². The van der Waals surface area contributed by atoms with Crippen molar-refractivity contribution in [3.8, 4) is 5.88 Å². The van der Waals surface area contributed by atoms with Crippen LogP contribution in [-0.2, 0) is 0 Å². The Hall–Kier alpha value is -2.90. The average molecular weight is 329 g/mol. The fourth-order valence-corrected chi connectivity index (χ4v) is 2.88. The molecule has 8 heteroatoms. The molecule has 2 aromatic heterocycles. The molecule has 0 radical (unpaired) electrons. The lowest BCUT2D eigenvalue weighted by molar-refractivity contribution is 0.0711. The van der Waals surface area contributed by atoms with Crippen LogP contribution in [0.4, 0.5) is 0 Å². The zero-order valence-corrected chi connectivity index (χ0v) is 13.4. The second-order valence-electron chi connectivity index (χ2n) is 5.73. The monoisotopic (exact) mass is 329 g/mol. The minimum atomic E-state index is -0.544. The van der Waals surface area contributed by atoms with Crippen LogP contribution in [-0.4, -0.2) is 52.1 Å². The Labute approximate surface area is 139 Å². The van der Waals surface area contributed by atoms with Crippen LogP contribution in [0.25, 0.3) is 0 Å². The molecule has 3 N–H and O–H groups in total. The first-order valence-electron chi connectivity index (χ1n) is 7.73. The highest BCUT2D eigenvalue weighted by molar-refractivity contribution is 5.94. The van der Waals surface area contributed by atoms with Gasteiger partial charge in [-0.2, -0.15) is 5.10 Å². The summed E-state index contributed by atoms with van der Waals surface area (Å²) in [5.74, 6) is 0.140. The van der Waals surface area contributed by atoms with Crippen LogP contribution in [0.5, 0.6) is 5.88 Å². The number of aromatic nitrogens is 3. The van der Waals surface area contributed by atoms with E-state index in [1.165, 1.54) is 13.3 Å². The number of ether oxygens (including phenoxy) is 1. The fourth-order valence-electron chi connectivity index (χ4n) is 2.88. The molecule has 0 aromatic carbocycles. The number of pyridine rings is 1. The summed E-state index contributed by atoms with van der Waals surface area (Å²) >= 11 is 0. The van der Waals surface area contributed by atoms with Crippen molar-refractivity contribution in [2.24, 2.45) is 5.73 Å². The standard InChI is InChI=1S/C16H19N5O3/c1-24-14-3-2-11(9-18-14)16(23)21-6-4-10(5-7-21)12-8-13(15(17)22)20-19-12/h2-3,8-10H,4-7H2,1H3,(H2,17,22)(H,19,20). The minimum Gasteiger partial charge on any atom is -0.481 e. The average Bonchev–Trinajstić information content (AvgIpc) is 3.12. The molecule has 0 bridgehead atoms. The number of nitrogens with zero attached hydrogens (tertiary/aromatic N) is 3. The number of aromatic amines is 1. The molecule has 0 aliphatic carbocycles. The predicted molar refractivity (Wildman–Crippen MR) is 85.8 cm³/mol. The summed E-state index contributed by atoms with van der Waals surface area (Å²) in [6.45, 7) is 1.28. The molecule has 0 atom stereocenters. The van der Waals surface area contributed by atoms with Crippen molar-refractivity contribution in [1.82, 2.24) is 20.1 Å². The summed E-state index contributed by atoms with van der Waals surface area (Å²) in [6, 6.07) is 5.09. The van der Waals surface area contributed by atoms with Crippen LogP contribution in [0.3, 0.4) is 0 Å². The lowest BCUT2D eigenvalue weighted by atomic mass is 9.93. The number of rotatable bonds is 4. The molecule has 126 valence electrons. The highest BCUT2D eigenvalue weighted by atomic mass is 16.5. The van der Waals surface area contributed by atoms with Gasteiger partial charge in [0.05, 0.1) is 12.7 Å². The SMILES string of the molecule is COc1ccc(C(=O)N2CCC(c3cc(C(N)=O)n[nH]3)CC2)cn1. The first-order valence-corrected chi connectivity index (χ1v) is 7.73. The zero-order chi connectivity index (χ0) is 17.1. The summed E-state index contributed by atoms with van der Waals surface area (Å²) in [6.07, 6.45) is 3.13. The van der Waals surface area contributed by atoms with E-state index in [4.69, 9.17) is 10.5 Å². The van der Waals surface area contributed by atoms with E-state index < -0.39 is 5.91 Å². The highest BCUT2D eigenvalue weighted by Crippen LogP contribution is 2.27. The van der Waals surface area contributed by atoms with Gasteiger partial charge in [0.1, 0.15) is 5.69 Å². The molecule has 24 heavy (non-hydrogen) atoms. The van der Waals surface area contributed by atoms with Crippen molar-refractivity contribution in [3.63, 3.8) is 0 Å². The molecule has 0 unspecified atom stereocenters. The summed E-state index contributed by atoms with van der Waals surface area (Å²) in [4.78, 5) is 29.5. The van der Waals surface area contributed by atoms with Gasteiger partial charge in [-0.05, 0) is 25.0 Å². The first kappa shape index (κ1) is 16.0. The Morgan fingerprint density at radius 2 is 2.08 bits per heavy atom. The van der Waals surface area contributed by atoms with Crippen molar-refractivity contribution in [3.05, 3.63) is 41.3 Å². The largest absolute Gasteiger partial charge is 0.481 e. The van der Waals surface area contributed by atoms with E-state index in [2.05, 4.69) is 15.2 Å². The normalized spacial score (nSPS) is 15.3. The Morgan fingerprint density at radius 1 is 1.33 bits per heavy atom. The van der Waals surface area contributed by atoms with E-state index >= 15 is 0 Å². The van der Waals surface area contributed by atoms with Gasteiger partial charge in [0.25, 0.3) is 11.8 Å². The van der Waals surface area contributed by atoms with Gasteiger partial charge in [-0.25, -0.2) is 4.98 Å². The van der Waals surface area contributed by atoms with Gasteiger partial charge in [-0.1, -0.05) is 0 Å². The Balaban J connectivity index is 1.61. The molecular formula is C16H19N5O3. The van der Waals surface area contributed by atoms with Crippen molar-refractivity contribution in [2.75, 3.05) is 20.2 Å². The molecule has 1 fully saturated rings. The molecule has 2 aromatic rings. The van der Waals surface area contributed by atoms with Gasteiger partial charge in [0, 0.05) is 37.0 Å². The topological polar surface area (TPSA) is 114 Å². The smallest absolute Gasteiger partial charge is 0.269 e. The Morgan fingerprint density at radius 3 is 2.62 bits per heavy atom. The Bertz CT molecular complexity index is 732. The van der Waals surface area contributed by atoms with Crippen LogP contribution >= 0.6 is 0 Å². The lowest BCUT2D eigenvalue weighted by Crippen LogP contribution is -2.38. The van der Waals surface area contributed by atoms with Gasteiger partial charge in [-0.15, -0.1) is 0 Å². The number of H-pyrrole nitrogens is 1. The quantitative estimate of drug-likeness (QED) is 0.866. The predicted octanol–water partition coefficient (Wildman–Crippen LogP) is 0.932. The number of piperidine rings is 1. The van der Waals surface area contributed by atoms with Gasteiger partial charge >= 0.3 is 0 Å². The Kier molecular flexibility index (Phi) is 4.45. The maximum Gasteiger partial charge on any atom is 0.269 e. The van der Waals surface area contributed by atoms with E-state index in [0.717, 1.165) is 18.5 Å². The minimum absolute atomic E-state index is 0.0361.